The van der Waals surface area contributed by atoms with Crippen LogP contribution in [0.2, 0.25) is 0 Å². The minimum atomic E-state index is -4.55. The number of aromatic nitrogens is 4. The van der Waals surface area contributed by atoms with Crippen molar-refractivity contribution in [2.75, 3.05) is 5.32 Å². The Bertz CT molecular complexity index is 853. The average molecular weight is 341 g/mol. The number of aryl methyl sites for hydroxylation is 1. The fourth-order valence-electron chi connectivity index (χ4n) is 2.76. The van der Waals surface area contributed by atoms with Crippen LogP contribution >= 0.6 is 0 Å². The van der Waals surface area contributed by atoms with E-state index in [2.05, 4.69) is 15.4 Å². The van der Waals surface area contributed by atoms with Crippen LogP contribution in [0.5, 0.6) is 0 Å². The van der Waals surface area contributed by atoms with E-state index in [1.54, 1.807) is 0 Å². The van der Waals surface area contributed by atoms with E-state index in [0.29, 0.717) is 25.0 Å². The molecular weight excluding hydrogens is 327 g/mol. The summed E-state index contributed by atoms with van der Waals surface area (Å²) in [6, 6.07) is 0. The quantitative estimate of drug-likeness (QED) is 0.907. The lowest BCUT2D eigenvalue weighted by Crippen LogP contribution is -2.28. The maximum Gasteiger partial charge on any atom is 0.435 e. The molecule has 0 saturated heterocycles. The first-order valence-electron chi connectivity index (χ1n) is 7.24. The summed E-state index contributed by atoms with van der Waals surface area (Å²) in [5.41, 5.74) is -0.862. The van der Waals surface area contributed by atoms with Gasteiger partial charge >= 0.3 is 6.18 Å². The molecule has 0 radical (unpaired) electrons. The third kappa shape index (κ3) is 2.91. The van der Waals surface area contributed by atoms with E-state index in [-0.39, 0.29) is 11.4 Å². The third-order valence-corrected chi connectivity index (χ3v) is 3.84. The number of hydrogen-bond acceptors (Lipinski definition) is 4. The molecule has 0 saturated carbocycles. The Labute approximate surface area is 134 Å². The molecule has 10 heteroatoms. The largest absolute Gasteiger partial charge is 0.435 e. The Hall–Kier alpha value is -2.65. The van der Waals surface area contributed by atoms with Gasteiger partial charge in [0, 0.05) is 30.7 Å². The zero-order valence-corrected chi connectivity index (χ0v) is 12.7. The molecule has 0 bridgehead atoms. The lowest BCUT2D eigenvalue weighted by Gasteiger charge is -2.07. The van der Waals surface area contributed by atoms with Gasteiger partial charge in [-0.3, -0.25) is 14.3 Å². The molecule has 3 rings (SSSR count). The molecule has 0 aromatic carbocycles. The number of halogens is 3. The third-order valence-electron chi connectivity index (χ3n) is 3.84. The number of rotatable bonds is 3. The van der Waals surface area contributed by atoms with Crippen molar-refractivity contribution in [1.82, 2.24) is 19.3 Å². The van der Waals surface area contributed by atoms with Gasteiger partial charge in [0.25, 0.3) is 5.56 Å². The summed E-state index contributed by atoms with van der Waals surface area (Å²) in [4.78, 5) is 27.6. The molecule has 24 heavy (non-hydrogen) atoms. The van der Waals surface area contributed by atoms with Gasteiger partial charge in [0.05, 0.1) is 0 Å². The van der Waals surface area contributed by atoms with Gasteiger partial charge in [0.15, 0.2) is 11.5 Å². The molecule has 0 unspecified atom stereocenters. The second-order valence-electron chi connectivity index (χ2n) is 5.52. The van der Waals surface area contributed by atoms with Crippen molar-refractivity contribution >= 4 is 11.7 Å². The van der Waals surface area contributed by atoms with Crippen LogP contribution in [-0.2, 0) is 37.4 Å². The van der Waals surface area contributed by atoms with Gasteiger partial charge < -0.3 is 9.88 Å². The Morgan fingerprint density at radius 2 is 2.12 bits per heavy atom. The second-order valence-corrected chi connectivity index (χ2v) is 5.52. The number of nitrogens with zero attached hydrogens (tertiary/aromatic N) is 4. The van der Waals surface area contributed by atoms with E-state index in [4.69, 9.17) is 0 Å². The van der Waals surface area contributed by atoms with Gasteiger partial charge in [-0.05, 0) is 19.3 Å². The molecule has 1 aliphatic carbocycles. The van der Waals surface area contributed by atoms with Gasteiger partial charge in [-0.25, -0.2) is 4.98 Å². The van der Waals surface area contributed by atoms with Crippen molar-refractivity contribution in [2.24, 2.45) is 7.05 Å². The molecule has 2 aromatic rings. The number of amides is 1. The summed E-state index contributed by atoms with van der Waals surface area (Å²) >= 11 is 0. The minimum Gasteiger partial charge on any atom is -0.314 e. The maximum atomic E-state index is 13.0. The summed E-state index contributed by atoms with van der Waals surface area (Å²) in [5.74, 6) is -0.832. The number of nitrogens with one attached hydrogen (secondary N) is 1. The molecule has 0 atom stereocenters. The first-order valence-corrected chi connectivity index (χ1v) is 7.24. The summed E-state index contributed by atoms with van der Waals surface area (Å²) in [5, 5.41) is 5.86. The smallest absolute Gasteiger partial charge is 0.314 e. The summed E-state index contributed by atoms with van der Waals surface area (Å²) in [7, 11) is 1.50. The van der Waals surface area contributed by atoms with Crippen LogP contribution in [0, 0.1) is 0 Å². The molecule has 2 heterocycles. The molecule has 0 fully saturated rings. The Morgan fingerprint density at radius 1 is 1.38 bits per heavy atom. The van der Waals surface area contributed by atoms with Crippen molar-refractivity contribution < 1.29 is 18.0 Å². The van der Waals surface area contributed by atoms with Crippen LogP contribution < -0.4 is 10.9 Å². The molecule has 2 aromatic heterocycles. The zero-order chi connectivity index (χ0) is 17.5. The van der Waals surface area contributed by atoms with Gasteiger partial charge in [-0.15, -0.1) is 0 Å². The predicted molar refractivity (Wildman–Crippen MR) is 77.4 cm³/mol. The van der Waals surface area contributed by atoms with Crippen molar-refractivity contribution in [3.05, 3.63) is 39.7 Å². The fraction of sp³-hybridized carbons (Fsp3) is 0.429. The molecule has 128 valence electrons. The Morgan fingerprint density at radius 3 is 2.83 bits per heavy atom. The average Bonchev–Trinajstić information content (AvgIpc) is 3.07. The van der Waals surface area contributed by atoms with Crippen molar-refractivity contribution in [3.63, 3.8) is 0 Å². The van der Waals surface area contributed by atoms with E-state index < -0.39 is 29.9 Å². The van der Waals surface area contributed by atoms with Crippen LogP contribution in [0.25, 0.3) is 0 Å². The monoisotopic (exact) mass is 341 g/mol. The molecule has 1 aliphatic rings. The molecule has 0 spiro atoms. The highest BCUT2D eigenvalue weighted by atomic mass is 19.4. The van der Waals surface area contributed by atoms with E-state index in [9.17, 15) is 22.8 Å². The highest BCUT2D eigenvalue weighted by Crippen LogP contribution is 2.36. The van der Waals surface area contributed by atoms with Gasteiger partial charge in [-0.1, -0.05) is 0 Å². The number of fused-ring (bicyclic) bond motifs is 1. The number of alkyl halides is 3. The highest BCUT2D eigenvalue weighted by Gasteiger charge is 2.40. The van der Waals surface area contributed by atoms with Crippen LogP contribution in [0.1, 0.15) is 23.4 Å². The van der Waals surface area contributed by atoms with Gasteiger partial charge in [-0.2, -0.15) is 18.3 Å². The molecule has 1 amide bonds. The standard InChI is InChI=1S/C14H14F3N5O2/c1-21-6-5-18-12(13(21)24)19-10(23)7-22-9-4-2-3-8(9)11(20-22)14(15,16)17/h5-6H,2-4,7H2,1H3,(H,18,19,23). The van der Waals surface area contributed by atoms with Crippen molar-refractivity contribution in [3.8, 4) is 0 Å². The SMILES string of the molecule is Cn1ccnc(NC(=O)Cn2nc(C(F)(F)F)c3c2CCC3)c1=O. The van der Waals surface area contributed by atoms with Crippen LogP contribution in [0.4, 0.5) is 19.0 Å². The first kappa shape index (κ1) is 16.2. The molecule has 0 aliphatic heterocycles. The molecule has 1 N–H and O–H groups in total. The van der Waals surface area contributed by atoms with E-state index in [0.717, 1.165) is 4.68 Å². The molecule has 7 nitrogen and oxygen atoms in total. The zero-order valence-electron chi connectivity index (χ0n) is 12.7. The number of carbonyl (C=O) groups excluding carboxylic acids is 1. The minimum absolute atomic E-state index is 0.157. The highest BCUT2D eigenvalue weighted by molar-refractivity contribution is 5.89. The predicted octanol–water partition coefficient (Wildman–Crippen LogP) is 1.12. The second kappa shape index (κ2) is 5.77. The normalized spacial score (nSPS) is 13.8. The van der Waals surface area contributed by atoms with Crippen molar-refractivity contribution in [2.45, 2.75) is 32.0 Å². The Balaban J connectivity index is 1.83. The molecular formula is C14H14F3N5O2. The Kier molecular flexibility index (Phi) is 3.90. The lowest BCUT2D eigenvalue weighted by molar-refractivity contribution is -0.142. The van der Waals surface area contributed by atoms with E-state index >= 15 is 0 Å². The summed E-state index contributed by atoms with van der Waals surface area (Å²) in [6.45, 7) is -0.405. The van der Waals surface area contributed by atoms with Gasteiger partial charge in [0.1, 0.15) is 6.54 Å². The van der Waals surface area contributed by atoms with Gasteiger partial charge in [0.2, 0.25) is 5.91 Å². The van der Waals surface area contributed by atoms with Crippen molar-refractivity contribution in [1.29, 1.82) is 0 Å². The number of hydrogen-bond donors (Lipinski definition) is 1. The van der Waals surface area contributed by atoms with Crippen LogP contribution in [0.3, 0.4) is 0 Å². The lowest BCUT2D eigenvalue weighted by atomic mass is 10.2. The summed E-state index contributed by atoms with van der Waals surface area (Å²) < 4.78 is 41.3. The maximum absolute atomic E-state index is 13.0. The number of anilines is 1. The summed E-state index contributed by atoms with van der Waals surface area (Å²) in [6.07, 6.45) is -0.451. The number of carbonyl (C=O) groups is 1. The van der Waals surface area contributed by atoms with Crippen LogP contribution in [0.15, 0.2) is 17.2 Å². The van der Waals surface area contributed by atoms with Crippen LogP contribution in [-0.4, -0.2) is 25.2 Å². The van der Waals surface area contributed by atoms with E-state index in [1.807, 2.05) is 0 Å². The first-order chi connectivity index (χ1) is 11.3. The fourth-order valence-corrected chi connectivity index (χ4v) is 2.76. The topological polar surface area (TPSA) is 81.8 Å². The van der Waals surface area contributed by atoms with E-state index in [1.165, 1.54) is 24.0 Å².